The predicted octanol–water partition coefficient (Wildman–Crippen LogP) is 7.01. The van der Waals surface area contributed by atoms with Crippen LogP contribution in [0.3, 0.4) is 0 Å². The van der Waals surface area contributed by atoms with Gasteiger partial charge in [0.1, 0.15) is 11.4 Å². The van der Waals surface area contributed by atoms with Crippen molar-refractivity contribution in [1.82, 2.24) is 9.88 Å². The summed E-state index contributed by atoms with van der Waals surface area (Å²) in [6.45, 7) is 2.41. The number of ether oxygens (including phenoxy) is 1. The van der Waals surface area contributed by atoms with Gasteiger partial charge in [-0.2, -0.15) is 26.3 Å². The first-order chi connectivity index (χ1) is 17.4. The first-order valence-corrected chi connectivity index (χ1v) is 11.8. The highest BCUT2D eigenvalue weighted by molar-refractivity contribution is 5.64. The molecule has 1 fully saturated rings. The molecular weight excluding hydrogens is 501 g/mol. The second-order valence-electron chi connectivity index (χ2n) is 9.65. The van der Waals surface area contributed by atoms with Crippen LogP contribution >= 0.6 is 0 Å². The molecule has 0 bridgehead atoms. The Kier molecular flexibility index (Phi) is 6.21. The van der Waals surface area contributed by atoms with E-state index in [-0.39, 0.29) is 5.60 Å². The van der Waals surface area contributed by atoms with Gasteiger partial charge in [0.15, 0.2) is 0 Å². The van der Waals surface area contributed by atoms with Gasteiger partial charge in [-0.05, 0) is 22.8 Å². The number of benzene rings is 2. The molecule has 2 aliphatic heterocycles. The summed E-state index contributed by atoms with van der Waals surface area (Å²) in [5.74, 6) is 0.855. The summed E-state index contributed by atoms with van der Waals surface area (Å²) in [7, 11) is 0. The molecule has 1 spiro atoms. The number of hydrogen-bond donors (Lipinski definition) is 0. The molecule has 1 saturated heterocycles. The minimum absolute atomic E-state index is 0.187. The monoisotopic (exact) mass is 524 g/mol. The Labute approximate surface area is 208 Å². The van der Waals surface area contributed by atoms with E-state index in [0.717, 1.165) is 55.8 Å². The van der Waals surface area contributed by atoms with E-state index in [1.165, 1.54) is 5.56 Å². The maximum absolute atomic E-state index is 14.2. The third kappa shape index (κ3) is 4.67. The predicted molar refractivity (Wildman–Crippen MR) is 123 cm³/mol. The average Bonchev–Trinajstić information content (AvgIpc) is 3.22. The number of pyridine rings is 1. The summed E-state index contributed by atoms with van der Waals surface area (Å²) in [4.78, 5) is 6.44. The van der Waals surface area contributed by atoms with Crippen LogP contribution in [0.2, 0.25) is 0 Å². The fourth-order valence-corrected chi connectivity index (χ4v) is 5.10. The molecule has 0 unspecified atom stereocenters. The molecule has 196 valence electrons. The summed E-state index contributed by atoms with van der Waals surface area (Å²) in [5, 5.41) is 0. The number of fused-ring (bicyclic) bond motifs is 1. The molecule has 3 nitrogen and oxygen atoms in total. The SMILES string of the molecule is FC(F)(F)C(F)(c1ccc(-c2ccc(CN3CCC4(CC3)Cc3ccncc3O4)cc2)cc1)C(F)(F)F. The molecule has 2 aliphatic rings. The van der Waals surface area contributed by atoms with Crippen molar-refractivity contribution in [2.45, 2.75) is 49.4 Å². The van der Waals surface area contributed by atoms with Crippen molar-refractivity contribution >= 4 is 0 Å². The Bertz CT molecular complexity index is 1200. The Hall–Kier alpha value is -3.14. The quantitative estimate of drug-likeness (QED) is 0.344. The summed E-state index contributed by atoms with van der Waals surface area (Å²) in [5.41, 5.74) is -3.93. The van der Waals surface area contributed by atoms with Crippen LogP contribution in [0.1, 0.15) is 29.5 Å². The Balaban J connectivity index is 1.22. The van der Waals surface area contributed by atoms with E-state index in [9.17, 15) is 30.7 Å². The Morgan fingerprint density at radius 3 is 1.89 bits per heavy atom. The zero-order valence-corrected chi connectivity index (χ0v) is 19.5. The van der Waals surface area contributed by atoms with Gasteiger partial charge in [-0.1, -0.05) is 48.5 Å². The Morgan fingerprint density at radius 1 is 0.784 bits per heavy atom. The van der Waals surface area contributed by atoms with Crippen LogP contribution in [0.4, 0.5) is 30.7 Å². The molecule has 37 heavy (non-hydrogen) atoms. The fourth-order valence-electron chi connectivity index (χ4n) is 5.10. The highest BCUT2D eigenvalue weighted by Gasteiger charge is 2.73. The van der Waals surface area contributed by atoms with Gasteiger partial charge in [-0.3, -0.25) is 9.88 Å². The lowest BCUT2D eigenvalue weighted by atomic mass is 9.87. The van der Waals surface area contributed by atoms with Gasteiger partial charge in [0.2, 0.25) is 0 Å². The van der Waals surface area contributed by atoms with Crippen LogP contribution in [-0.2, 0) is 18.6 Å². The van der Waals surface area contributed by atoms with E-state index in [2.05, 4.69) is 9.88 Å². The van der Waals surface area contributed by atoms with Crippen LogP contribution in [0.25, 0.3) is 11.1 Å². The molecule has 5 rings (SSSR count). The summed E-state index contributed by atoms with van der Waals surface area (Å²) in [6.07, 6.45) is -6.08. The number of hydrogen-bond acceptors (Lipinski definition) is 3. The van der Waals surface area contributed by atoms with Gasteiger partial charge in [-0.25, -0.2) is 4.39 Å². The van der Waals surface area contributed by atoms with Crippen molar-refractivity contribution in [2.75, 3.05) is 13.1 Å². The highest BCUT2D eigenvalue weighted by atomic mass is 19.4. The molecule has 0 radical (unpaired) electrons. The number of likely N-dealkylation sites (tertiary alicyclic amines) is 1. The van der Waals surface area contributed by atoms with Gasteiger partial charge in [-0.15, -0.1) is 0 Å². The molecule has 0 atom stereocenters. The molecule has 0 amide bonds. The largest absolute Gasteiger partial charge is 0.485 e. The molecule has 3 heterocycles. The van der Waals surface area contributed by atoms with Gasteiger partial charge >= 0.3 is 18.0 Å². The lowest BCUT2D eigenvalue weighted by molar-refractivity contribution is -0.348. The van der Waals surface area contributed by atoms with Crippen LogP contribution in [-0.4, -0.2) is 40.9 Å². The third-order valence-corrected chi connectivity index (χ3v) is 7.23. The van der Waals surface area contributed by atoms with Crippen molar-refractivity contribution in [3.63, 3.8) is 0 Å². The maximum Gasteiger partial charge on any atom is 0.435 e. The highest BCUT2D eigenvalue weighted by Crippen LogP contribution is 2.53. The van der Waals surface area contributed by atoms with E-state index < -0.39 is 23.6 Å². The number of aromatic nitrogens is 1. The average molecular weight is 524 g/mol. The molecule has 0 saturated carbocycles. The lowest BCUT2D eigenvalue weighted by Gasteiger charge is -2.38. The number of halogens is 7. The van der Waals surface area contributed by atoms with Gasteiger partial charge in [0.25, 0.3) is 0 Å². The van der Waals surface area contributed by atoms with Crippen molar-refractivity contribution in [3.8, 4) is 16.9 Å². The van der Waals surface area contributed by atoms with Crippen molar-refractivity contribution in [2.24, 2.45) is 0 Å². The van der Waals surface area contributed by atoms with Crippen molar-refractivity contribution < 1.29 is 35.5 Å². The zero-order chi connectivity index (χ0) is 26.5. The minimum atomic E-state index is -6.13. The van der Waals surface area contributed by atoms with Gasteiger partial charge in [0.05, 0.1) is 6.20 Å². The molecular formula is C27H23F7N2O. The van der Waals surface area contributed by atoms with Crippen LogP contribution in [0, 0.1) is 0 Å². The van der Waals surface area contributed by atoms with E-state index in [1.54, 1.807) is 24.5 Å². The number of rotatable bonds is 4. The molecule has 1 aromatic heterocycles. The second kappa shape index (κ2) is 9.01. The molecule has 2 aromatic carbocycles. The first-order valence-electron chi connectivity index (χ1n) is 11.8. The third-order valence-electron chi connectivity index (χ3n) is 7.23. The number of alkyl halides is 7. The number of piperidine rings is 1. The normalized spacial score (nSPS) is 18.0. The van der Waals surface area contributed by atoms with Crippen molar-refractivity contribution in [3.05, 3.63) is 83.7 Å². The maximum atomic E-state index is 14.2. The van der Waals surface area contributed by atoms with Gasteiger partial charge in [0, 0.05) is 56.2 Å². The standard InChI is InChI=1S/C27H23F7N2O/c28-25(26(29,30)31,27(32,33)34)22-7-5-20(6-8-22)19-3-1-18(2-4-19)17-36-13-10-24(11-14-36)15-21-9-12-35-16-23(21)37-24/h1-9,12,16H,10-11,13-15,17H2. The summed E-state index contributed by atoms with van der Waals surface area (Å²) in [6, 6.07) is 12.4. The molecule has 0 N–H and O–H groups in total. The summed E-state index contributed by atoms with van der Waals surface area (Å²) < 4.78 is 98.4. The lowest BCUT2D eigenvalue weighted by Crippen LogP contribution is -2.50. The van der Waals surface area contributed by atoms with E-state index >= 15 is 0 Å². The van der Waals surface area contributed by atoms with Crippen molar-refractivity contribution in [1.29, 1.82) is 0 Å². The zero-order valence-electron chi connectivity index (χ0n) is 19.5. The first kappa shape index (κ1) is 25.5. The molecule has 0 aliphatic carbocycles. The van der Waals surface area contributed by atoms with Crippen LogP contribution in [0.5, 0.6) is 5.75 Å². The fraction of sp³-hybridized carbons (Fsp3) is 0.370. The van der Waals surface area contributed by atoms with E-state index in [4.69, 9.17) is 4.74 Å². The summed E-state index contributed by atoms with van der Waals surface area (Å²) >= 11 is 0. The van der Waals surface area contributed by atoms with E-state index in [0.29, 0.717) is 29.8 Å². The van der Waals surface area contributed by atoms with Gasteiger partial charge < -0.3 is 4.74 Å². The molecule has 10 heteroatoms. The smallest absolute Gasteiger partial charge is 0.435 e. The van der Waals surface area contributed by atoms with Crippen LogP contribution in [0.15, 0.2) is 67.0 Å². The topological polar surface area (TPSA) is 25.4 Å². The van der Waals surface area contributed by atoms with E-state index in [1.807, 2.05) is 18.2 Å². The second-order valence-corrected chi connectivity index (χ2v) is 9.65. The molecule has 3 aromatic rings. The minimum Gasteiger partial charge on any atom is -0.485 e. The number of nitrogens with zero attached hydrogens (tertiary/aromatic N) is 2. The van der Waals surface area contributed by atoms with Crippen LogP contribution < -0.4 is 4.74 Å². The Morgan fingerprint density at radius 2 is 1.35 bits per heavy atom.